The van der Waals surface area contributed by atoms with E-state index in [1.165, 1.54) is 6.07 Å². The van der Waals surface area contributed by atoms with Crippen molar-refractivity contribution in [3.8, 4) is 0 Å². The summed E-state index contributed by atoms with van der Waals surface area (Å²) in [5, 5.41) is 10.8. The highest BCUT2D eigenvalue weighted by Crippen LogP contribution is 2.19. The number of carbonyl (C=O) groups is 2. The van der Waals surface area contributed by atoms with Crippen LogP contribution in [0.5, 0.6) is 0 Å². The number of carbonyl (C=O) groups excluding carboxylic acids is 2. The van der Waals surface area contributed by atoms with Crippen molar-refractivity contribution < 1.29 is 24.0 Å². The Bertz CT molecular complexity index is 629. The number of nitrogens with zero attached hydrogens (tertiary/aromatic N) is 1. The third-order valence-electron chi connectivity index (χ3n) is 4.17. The van der Waals surface area contributed by atoms with Crippen LogP contribution in [-0.2, 0) is 25.7 Å². The maximum atomic E-state index is 11.8. The van der Waals surface area contributed by atoms with Crippen molar-refractivity contribution in [2.24, 2.45) is 0 Å². The first-order valence-corrected chi connectivity index (χ1v) is 9.49. The van der Waals surface area contributed by atoms with E-state index in [1.807, 2.05) is 0 Å². The van der Waals surface area contributed by atoms with Crippen LogP contribution in [0.3, 0.4) is 0 Å². The summed E-state index contributed by atoms with van der Waals surface area (Å²) in [5.74, 6) is -0.392. The summed E-state index contributed by atoms with van der Waals surface area (Å²) in [6, 6.07) is 4.71. The summed E-state index contributed by atoms with van der Waals surface area (Å²) >= 11 is 0. The lowest BCUT2D eigenvalue weighted by Crippen LogP contribution is -2.05. The Balaban J connectivity index is 2.08. The predicted molar refractivity (Wildman–Crippen MR) is 101 cm³/mol. The van der Waals surface area contributed by atoms with Crippen LogP contribution >= 0.6 is 0 Å². The van der Waals surface area contributed by atoms with Gasteiger partial charge in [-0.05, 0) is 44.4 Å². The van der Waals surface area contributed by atoms with E-state index in [9.17, 15) is 19.7 Å². The lowest BCUT2D eigenvalue weighted by molar-refractivity contribution is -0.385. The van der Waals surface area contributed by atoms with Crippen LogP contribution in [0.15, 0.2) is 18.2 Å². The van der Waals surface area contributed by atoms with Gasteiger partial charge in [-0.2, -0.15) is 0 Å². The van der Waals surface area contributed by atoms with Gasteiger partial charge in [0.25, 0.3) is 5.69 Å². The Labute approximate surface area is 160 Å². The van der Waals surface area contributed by atoms with Crippen LogP contribution < -0.4 is 0 Å². The van der Waals surface area contributed by atoms with E-state index < -0.39 is 4.92 Å². The second kappa shape index (κ2) is 12.8. The summed E-state index contributed by atoms with van der Waals surface area (Å²) in [4.78, 5) is 33.3. The highest BCUT2D eigenvalue weighted by atomic mass is 16.6. The fourth-order valence-electron chi connectivity index (χ4n) is 2.73. The Hall–Kier alpha value is -2.44. The molecule has 0 atom stereocenters. The molecule has 0 fully saturated rings. The van der Waals surface area contributed by atoms with Crippen LogP contribution in [0.25, 0.3) is 0 Å². The molecule has 0 heterocycles. The van der Waals surface area contributed by atoms with Crippen LogP contribution in [-0.4, -0.2) is 23.5 Å². The summed E-state index contributed by atoms with van der Waals surface area (Å²) in [7, 11) is 0. The smallest absolute Gasteiger partial charge is 0.306 e. The van der Waals surface area contributed by atoms with Gasteiger partial charge in [-0.25, -0.2) is 0 Å². The minimum atomic E-state index is -0.429. The minimum Gasteiger partial charge on any atom is -0.466 e. The van der Waals surface area contributed by atoms with Crippen molar-refractivity contribution in [1.82, 2.24) is 0 Å². The quantitative estimate of drug-likeness (QED) is 0.215. The number of unbranched alkanes of at least 4 members (excludes halogenated alkanes) is 5. The van der Waals surface area contributed by atoms with E-state index in [4.69, 9.17) is 9.47 Å². The molecule has 0 N–H and O–H groups in total. The van der Waals surface area contributed by atoms with Gasteiger partial charge in [0.05, 0.1) is 11.5 Å². The molecule has 1 aromatic rings. The first-order chi connectivity index (χ1) is 12.9. The van der Waals surface area contributed by atoms with Crippen LogP contribution in [0.4, 0.5) is 5.69 Å². The Kier molecular flexibility index (Phi) is 10.7. The number of ether oxygens (including phenoxy) is 2. The minimum absolute atomic E-state index is 0.0623. The van der Waals surface area contributed by atoms with Crippen LogP contribution in [0.1, 0.15) is 69.4 Å². The van der Waals surface area contributed by atoms with Gasteiger partial charge in [-0.15, -0.1) is 0 Å². The third kappa shape index (κ3) is 9.72. The molecule has 0 aliphatic heterocycles. The van der Waals surface area contributed by atoms with Crippen molar-refractivity contribution in [3.63, 3.8) is 0 Å². The topological polar surface area (TPSA) is 95.7 Å². The van der Waals surface area contributed by atoms with Crippen molar-refractivity contribution in [2.75, 3.05) is 6.61 Å². The molecule has 7 heteroatoms. The molecule has 1 rings (SSSR count). The zero-order chi connectivity index (χ0) is 20.1. The van der Waals surface area contributed by atoms with Gasteiger partial charge in [-0.3, -0.25) is 19.7 Å². The maximum absolute atomic E-state index is 11.8. The summed E-state index contributed by atoms with van der Waals surface area (Å²) < 4.78 is 10.1. The normalized spacial score (nSPS) is 10.4. The molecule has 0 aliphatic rings. The first kappa shape index (κ1) is 22.6. The molecule has 0 spiro atoms. The largest absolute Gasteiger partial charge is 0.466 e. The molecule has 150 valence electrons. The molecule has 0 saturated carbocycles. The Morgan fingerprint density at radius 1 is 0.963 bits per heavy atom. The van der Waals surface area contributed by atoms with Gasteiger partial charge in [0.15, 0.2) is 0 Å². The van der Waals surface area contributed by atoms with E-state index in [0.29, 0.717) is 25.0 Å². The zero-order valence-corrected chi connectivity index (χ0v) is 16.2. The van der Waals surface area contributed by atoms with Crippen molar-refractivity contribution >= 4 is 17.6 Å². The number of benzene rings is 1. The first-order valence-electron chi connectivity index (χ1n) is 9.49. The van der Waals surface area contributed by atoms with E-state index in [2.05, 4.69) is 0 Å². The van der Waals surface area contributed by atoms with Crippen LogP contribution in [0.2, 0.25) is 0 Å². The molecule has 0 unspecified atom stereocenters. The molecule has 0 bridgehead atoms. The fraction of sp³-hybridized carbons (Fsp3) is 0.600. The molecule has 1 aromatic carbocycles. The molecular weight excluding hydrogens is 350 g/mol. The number of esters is 2. The molecule has 0 radical (unpaired) electrons. The fourth-order valence-corrected chi connectivity index (χ4v) is 2.73. The predicted octanol–water partition coefficient (Wildman–Crippen LogP) is 4.63. The average Bonchev–Trinajstić information content (AvgIpc) is 2.62. The van der Waals surface area contributed by atoms with Gasteiger partial charge >= 0.3 is 11.9 Å². The molecule has 0 saturated heterocycles. The van der Waals surface area contributed by atoms with Crippen molar-refractivity contribution in [3.05, 3.63) is 39.4 Å². The number of rotatable bonds is 13. The van der Waals surface area contributed by atoms with Crippen LogP contribution in [0, 0.1) is 17.0 Å². The highest BCUT2D eigenvalue weighted by molar-refractivity contribution is 5.69. The molecule has 27 heavy (non-hydrogen) atoms. The molecular formula is C20H29NO6. The number of nitro benzene ring substituents is 1. The van der Waals surface area contributed by atoms with E-state index in [1.54, 1.807) is 26.0 Å². The summed E-state index contributed by atoms with van der Waals surface area (Å²) in [6.07, 6.45) is 6.46. The SMILES string of the molecule is CCOC(=O)CCCCCCCCC(=O)OCc1ccc([N+](=O)[O-])c(C)c1. The molecule has 0 aromatic heterocycles. The monoisotopic (exact) mass is 379 g/mol. The third-order valence-corrected chi connectivity index (χ3v) is 4.17. The molecule has 0 aliphatic carbocycles. The van der Waals surface area contributed by atoms with E-state index in [0.717, 1.165) is 44.1 Å². The van der Waals surface area contributed by atoms with Gasteiger partial charge in [0.1, 0.15) is 6.61 Å². The van der Waals surface area contributed by atoms with Gasteiger partial charge < -0.3 is 9.47 Å². The van der Waals surface area contributed by atoms with Gasteiger partial charge in [0, 0.05) is 24.5 Å². The second-order valence-electron chi connectivity index (χ2n) is 6.46. The summed E-state index contributed by atoms with van der Waals surface area (Å²) in [5.41, 5.74) is 1.36. The Morgan fingerprint density at radius 2 is 1.52 bits per heavy atom. The number of hydrogen-bond acceptors (Lipinski definition) is 6. The van der Waals surface area contributed by atoms with Gasteiger partial charge in [0.2, 0.25) is 0 Å². The van der Waals surface area contributed by atoms with E-state index >= 15 is 0 Å². The summed E-state index contributed by atoms with van der Waals surface area (Å²) in [6.45, 7) is 4.02. The number of nitro groups is 1. The maximum Gasteiger partial charge on any atom is 0.306 e. The van der Waals surface area contributed by atoms with Crippen molar-refractivity contribution in [2.45, 2.75) is 71.8 Å². The highest BCUT2D eigenvalue weighted by Gasteiger charge is 2.11. The standard InChI is InChI=1S/C20H29NO6/c1-3-26-19(22)10-8-6-4-5-7-9-11-20(23)27-15-17-12-13-18(21(24)25)16(2)14-17/h12-14H,3-11,15H2,1-2H3. The average molecular weight is 379 g/mol. The number of aryl methyl sites for hydroxylation is 1. The number of hydrogen-bond donors (Lipinski definition) is 0. The van der Waals surface area contributed by atoms with E-state index in [-0.39, 0.29) is 24.2 Å². The zero-order valence-electron chi connectivity index (χ0n) is 16.2. The lowest BCUT2D eigenvalue weighted by Gasteiger charge is -2.06. The Morgan fingerprint density at radius 3 is 2.04 bits per heavy atom. The lowest BCUT2D eigenvalue weighted by atomic mass is 10.1. The van der Waals surface area contributed by atoms with Gasteiger partial charge in [-0.1, -0.05) is 25.7 Å². The molecule has 0 amide bonds. The molecule has 7 nitrogen and oxygen atoms in total. The van der Waals surface area contributed by atoms with Crippen molar-refractivity contribution in [1.29, 1.82) is 0 Å². The second-order valence-corrected chi connectivity index (χ2v) is 6.46.